The van der Waals surface area contributed by atoms with Gasteiger partial charge in [0, 0.05) is 6.42 Å². The molecule has 2 fully saturated rings. The Balaban J connectivity index is 1.42. The number of nitrogens with two attached hydrogens (primary N) is 1. The van der Waals surface area contributed by atoms with E-state index in [1.165, 1.54) is 0 Å². The number of nitrogens with zero attached hydrogens (tertiary/aromatic N) is 1. The fourth-order valence-corrected chi connectivity index (χ4v) is 4.12. The minimum atomic E-state index is -0.857. The van der Waals surface area contributed by atoms with E-state index in [0.717, 1.165) is 38.5 Å². The van der Waals surface area contributed by atoms with E-state index < -0.39 is 18.2 Å². The van der Waals surface area contributed by atoms with Crippen molar-refractivity contribution in [1.82, 2.24) is 5.06 Å². The van der Waals surface area contributed by atoms with Crippen LogP contribution in [0.3, 0.4) is 0 Å². The molecular weight excluding hydrogens is 327 g/mol. The van der Waals surface area contributed by atoms with Crippen molar-refractivity contribution in [3.05, 3.63) is 12.2 Å². The summed E-state index contributed by atoms with van der Waals surface area (Å²) in [6.45, 7) is 0. The van der Waals surface area contributed by atoms with Crippen LogP contribution in [-0.4, -0.2) is 52.9 Å². The van der Waals surface area contributed by atoms with Gasteiger partial charge in [-0.1, -0.05) is 12.2 Å². The second-order valence-corrected chi connectivity index (χ2v) is 7.47. The van der Waals surface area contributed by atoms with Crippen LogP contribution in [0, 0.1) is 0 Å². The number of carbonyl (C=O) groups is 1. The second-order valence-electron chi connectivity index (χ2n) is 7.47. The number of alkyl halides is 1. The van der Waals surface area contributed by atoms with Crippen molar-refractivity contribution in [3.8, 4) is 0 Å². The van der Waals surface area contributed by atoms with Gasteiger partial charge in [0.2, 0.25) is 0 Å². The highest BCUT2D eigenvalue weighted by Gasteiger charge is 2.32. The predicted molar refractivity (Wildman–Crippen MR) is 89.9 cm³/mol. The van der Waals surface area contributed by atoms with E-state index >= 15 is 0 Å². The van der Waals surface area contributed by atoms with Crippen molar-refractivity contribution in [3.63, 3.8) is 0 Å². The van der Waals surface area contributed by atoms with Crippen LogP contribution in [0.5, 0.6) is 0 Å². The molecule has 0 aromatic rings. The summed E-state index contributed by atoms with van der Waals surface area (Å²) in [7, 11) is 0. The van der Waals surface area contributed by atoms with Gasteiger partial charge in [0.25, 0.3) is 0 Å². The first-order valence-electron chi connectivity index (χ1n) is 9.42. The maximum absolute atomic E-state index is 13.2. The zero-order valence-electron chi connectivity index (χ0n) is 14.6. The first kappa shape index (κ1) is 18.6. The number of rotatable bonds is 5. The summed E-state index contributed by atoms with van der Waals surface area (Å²) in [6, 6.07) is -1.28. The monoisotopic (exact) mass is 356 g/mol. The molecule has 3 rings (SSSR count). The average molecular weight is 356 g/mol. The number of carbonyl (C=O) groups excluding carboxylic acids is 1. The van der Waals surface area contributed by atoms with Crippen LogP contribution >= 0.6 is 0 Å². The molecule has 142 valence electrons. The topological polar surface area (TPSA) is 85.0 Å². The fourth-order valence-electron chi connectivity index (χ4n) is 4.12. The van der Waals surface area contributed by atoms with Gasteiger partial charge in [-0.05, 0) is 51.4 Å². The first-order chi connectivity index (χ1) is 12.0. The Kier molecular flexibility index (Phi) is 6.30. The number of primary amides is 1. The third-order valence-corrected chi connectivity index (χ3v) is 5.50. The molecule has 0 aliphatic heterocycles. The second kappa shape index (κ2) is 8.47. The van der Waals surface area contributed by atoms with Crippen LogP contribution in [0.15, 0.2) is 12.2 Å². The summed E-state index contributed by atoms with van der Waals surface area (Å²) >= 11 is 0. The van der Waals surface area contributed by atoms with E-state index in [1.807, 2.05) is 6.08 Å². The highest BCUT2D eigenvalue weighted by molar-refractivity contribution is 5.71. The quantitative estimate of drug-likeness (QED) is 0.450. The molecule has 2 saturated carbocycles. The largest absolute Gasteiger partial charge is 0.375 e. The van der Waals surface area contributed by atoms with Gasteiger partial charge < -0.3 is 15.2 Å². The van der Waals surface area contributed by atoms with Crippen LogP contribution < -0.4 is 5.73 Å². The lowest BCUT2D eigenvalue weighted by Gasteiger charge is -2.34. The molecule has 0 aromatic carbocycles. The molecule has 0 spiro atoms. The molecule has 0 bridgehead atoms. The molecule has 3 N–H and O–H groups in total. The molecule has 0 aromatic heterocycles. The van der Waals surface area contributed by atoms with Crippen molar-refractivity contribution in [2.24, 2.45) is 5.73 Å². The van der Waals surface area contributed by atoms with Gasteiger partial charge in [-0.15, -0.1) is 0 Å². The summed E-state index contributed by atoms with van der Waals surface area (Å²) in [4.78, 5) is 11.0. The minimum Gasteiger partial charge on any atom is -0.375 e. The fraction of sp³-hybridized carbons (Fsp3) is 0.833. The van der Waals surface area contributed by atoms with E-state index in [0.29, 0.717) is 24.3 Å². The number of halogens is 1. The van der Waals surface area contributed by atoms with Crippen LogP contribution in [-0.2, 0) is 9.47 Å². The molecule has 2 amide bonds. The zero-order valence-corrected chi connectivity index (χ0v) is 14.6. The van der Waals surface area contributed by atoms with Gasteiger partial charge in [-0.2, -0.15) is 5.06 Å². The highest BCUT2D eigenvalue weighted by atomic mass is 19.1. The third kappa shape index (κ3) is 5.15. The van der Waals surface area contributed by atoms with Gasteiger partial charge >= 0.3 is 6.03 Å². The molecule has 3 aliphatic rings. The van der Waals surface area contributed by atoms with Gasteiger partial charge in [-0.25, -0.2) is 9.18 Å². The molecular formula is C18H29FN2O4. The van der Waals surface area contributed by atoms with Crippen LogP contribution in [0.1, 0.15) is 57.8 Å². The predicted octanol–water partition coefficient (Wildman–Crippen LogP) is 3.08. The number of ether oxygens (including phenoxy) is 2. The molecule has 25 heavy (non-hydrogen) atoms. The lowest BCUT2D eigenvalue weighted by Crippen LogP contribution is -2.40. The lowest BCUT2D eigenvalue weighted by atomic mass is 9.92. The van der Waals surface area contributed by atoms with Crippen LogP contribution in [0.4, 0.5) is 9.18 Å². The van der Waals surface area contributed by atoms with Gasteiger partial charge in [-0.3, -0.25) is 5.21 Å². The summed E-state index contributed by atoms with van der Waals surface area (Å²) in [5.41, 5.74) is 5.08. The Morgan fingerprint density at radius 3 is 2.36 bits per heavy atom. The Morgan fingerprint density at radius 1 is 1.00 bits per heavy atom. The van der Waals surface area contributed by atoms with Gasteiger partial charge in [0.05, 0.1) is 30.5 Å². The van der Waals surface area contributed by atoms with E-state index in [9.17, 15) is 14.4 Å². The smallest absolute Gasteiger partial charge is 0.339 e. The maximum atomic E-state index is 13.2. The van der Waals surface area contributed by atoms with Crippen molar-refractivity contribution in [2.75, 3.05) is 0 Å². The van der Waals surface area contributed by atoms with Crippen molar-refractivity contribution >= 4 is 6.03 Å². The Morgan fingerprint density at radius 2 is 1.68 bits per heavy atom. The summed E-state index contributed by atoms with van der Waals surface area (Å²) in [5.74, 6) is 0. The van der Waals surface area contributed by atoms with E-state index in [2.05, 4.69) is 0 Å². The molecule has 3 aliphatic carbocycles. The molecule has 4 unspecified atom stereocenters. The third-order valence-electron chi connectivity index (χ3n) is 5.50. The molecule has 4 atom stereocenters. The normalized spacial score (nSPS) is 38.6. The Bertz CT molecular complexity index is 482. The molecule has 0 radical (unpaired) electrons. The lowest BCUT2D eigenvalue weighted by molar-refractivity contribution is -0.103. The maximum Gasteiger partial charge on any atom is 0.339 e. The first-order valence-corrected chi connectivity index (χ1v) is 9.42. The Labute approximate surface area is 148 Å². The van der Waals surface area contributed by atoms with Crippen LogP contribution in [0.25, 0.3) is 0 Å². The number of hydrogen-bond acceptors (Lipinski definition) is 4. The Hall–Kier alpha value is -1.18. The summed E-state index contributed by atoms with van der Waals surface area (Å²) in [5, 5.41) is 10.1. The molecule has 7 heteroatoms. The van der Waals surface area contributed by atoms with Gasteiger partial charge in [0.15, 0.2) is 0 Å². The number of hydroxylamine groups is 2. The standard InChI is InChI=1S/C18H29FN2O4/c19-12-4-7-14(8-5-12)24-15-2-1-3-16(11-15)25-17-9-6-13(10-17)21(23)18(20)22/h6,9,12-17,23H,1-5,7-8,10-11H2,(H2,20,22). The SMILES string of the molecule is NC(=O)N(O)C1C=CC(OC2CCCC(OC3CCC(F)CC3)C2)C1. The van der Waals surface area contributed by atoms with E-state index in [1.54, 1.807) is 6.08 Å². The zero-order chi connectivity index (χ0) is 17.8. The minimum absolute atomic E-state index is 0.116. The number of amides is 2. The number of urea groups is 1. The van der Waals surface area contributed by atoms with E-state index in [4.69, 9.17) is 15.2 Å². The molecule has 0 heterocycles. The van der Waals surface area contributed by atoms with Crippen LogP contribution in [0.2, 0.25) is 0 Å². The highest BCUT2D eigenvalue weighted by Crippen LogP contribution is 2.31. The summed E-state index contributed by atoms with van der Waals surface area (Å²) in [6.07, 6.45) is 10.6. The van der Waals surface area contributed by atoms with E-state index in [-0.39, 0.29) is 24.4 Å². The number of hydrogen-bond donors (Lipinski definition) is 2. The average Bonchev–Trinajstić information content (AvgIpc) is 3.05. The summed E-state index contributed by atoms with van der Waals surface area (Å²) < 4.78 is 25.6. The van der Waals surface area contributed by atoms with Gasteiger partial charge in [0.1, 0.15) is 6.17 Å². The molecule has 0 saturated heterocycles. The van der Waals surface area contributed by atoms with Crippen molar-refractivity contribution in [1.29, 1.82) is 0 Å². The van der Waals surface area contributed by atoms with Crippen molar-refractivity contribution in [2.45, 2.75) is 94.4 Å². The van der Waals surface area contributed by atoms with Crippen molar-refractivity contribution < 1.29 is 23.9 Å². The molecule has 6 nitrogen and oxygen atoms in total.